The van der Waals surface area contributed by atoms with E-state index in [4.69, 9.17) is 18.6 Å². The van der Waals surface area contributed by atoms with Gasteiger partial charge < -0.3 is 23.2 Å². The molecule has 216 valence electrons. The summed E-state index contributed by atoms with van der Waals surface area (Å²) in [5.41, 5.74) is 4.85. The van der Waals surface area contributed by atoms with Gasteiger partial charge in [-0.25, -0.2) is 0 Å². The smallest absolute Gasteiger partial charge is 0.405 e. The van der Waals surface area contributed by atoms with Gasteiger partial charge in [0.2, 0.25) is 0 Å². The van der Waals surface area contributed by atoms with Crippen LogP contribution in [0.15, 0.2) is 36.4 Å². The van der Waals surface area contributed by atoms with Crippen LogP contribution < -0.4 is 10.9 Å². The normalized spacial score (nSPS) is 16.0. The van der Waals surface area contributed by atoms with Crippen LogP contribution in [0.4, 0.5) is 0 Å². The van der Waals surface area contributed by atoms with E-state index in [1.165, 1.54) is 112 Å². The molecule has 0 radical (unpaired) electrons. The fourth-order valence-electron chi connectivity index (χ4n) is 6.59. The molecule has 0 unspecified atom stereocenters. The van der Waals surface area contributed by atoms with E-state index in [0.717, 1.165) is 10.9 Å². The second kappa shape index (κ2) is 15.4. The molecule has 1 aromatic heterocycles. The van der Waals surface area contributed by atoms with Gasteiger partial charge in [0.05, 0.1) is 26.4 Å². The molecule has 3 heterocycles. The second-order valence-corrected chi connectivity index (χ2v) is 11.8. The van der Waals surface area contributed by atoms with Gasteiger partial charge in [-0.1, -0.05) is 115 Å². The minimum absolute atomic E-state index is 0.262. The first-order chi connectivity index (χ1) is 19.8. The minimum Gasteiger partial charge on any atom is -0.405 e. The predicted molar refractivity (Wildman–Crippen MR) is 169 cm³/mol. The van der Waals surface area contributed by atoms with Crippen molar-refractivity contribution in [1.82, 2.24) is 4.57 Å². The Morgan fingerprint density at radius 2 is 0.975 bits per heavy atom. The molecule has 40 heavy (non-hydrogen) atoms. The van der Waals surface area contributed by atoms with Gasteiger partial charge in [-0.05, 0) is 35.9 Å². The van der Waals surface area contributed by atoms with Crippen molar-refractivity contribution in [3.05, 3.63) is 36.4 Å². The maximum Gasteiger partial charge on any atom is 0.494 e. The third-order valence-electron chi connectivity index (χ3n) is 8.79. The van der Waals surface area contributed by atoms with Crippen LogP contribution in [0.5, 0.6) is 0 Å². The Bertz CT molecular complexity index is 1100. The van der Waals surface area contributed by atoms with E-state index in [1.807, 2.05) is 0 Å². The SMILES string of the molecule is CCCCCCCCC(CCCCCCCC)n1c2cc(B3OCCO3)ccc2c2ccc(B3OCCO3)cc21. The minimum atomic E-state index is -0.262. The highest BCUT2D eigenvalue weighted by Crippen LogP contribution is 2.35. The van der Waals surface area contributed by atoms with E-state index in [-0.39, 0.29) is 14.2 Å². The number of benzene rings is 2. The Morgan fingerprint density at radius 3 is 1.40 bits per heavy atom. The van der Waals surface area contributed by atoms with Crippen molar-refractivity contribution >= 4 is 47.0 Å². The van der Waals surface area contributed by atoms with E-state index >= 15 is 0 Å². The van der Waals surface area contributed by atoms with Crippen LogP contribution in [0.3, 0.4) is 0 Å². The van der Waals surface area contributed by atoms with Gasteiger partial charge in [0.15, 0.2) is 0 Å². The number of unbranched alkanes of at least 4 members (excludes halogenated alkanes) is 10. The molecule has 0 saturated carbocycles. The lowest BCUT2D eigenvalue weighted by atomic mass is 9.78. The van der Waals surface area contributed by atoms with Gasteiger partial charge in [0.25, 0.3) is 0 Å². The lowest BCUT2D eigenvalue weighted by Gasteiger charge is -2.23. The van der Waals surface area contributed by atoms with Crippen LogP contribution in [0.2, 0.25) is 0 Å². The number of fused-ring (bicyclic) bond motifs is 3. The van der Waals surface area contributed by atoms with Gasteiger partial charge in [0.1, 0.15) is 0 Å². The quantitative estimate of drug-likeness (QED) is 0.132. The first-order valence-electron chi connectivity index (χ1n) is 16.3. The first-order valence-corrected chi connectivity index (χ1v) is 16.3. The number of nitrogens with zero attached hydrogens (tertiary/aromatic N) is 1. The van der Waals surface area contributed by atoms with Gasteiger partial charge >= 0.3 is 14.2 Å². The Morgan fingerprint density at radius 1 is 0.575 bits per heavy atom. The number of hydrogen-bond acceptors (Lipinski definition) is 4. The molecule has 2 aliphatic rings. The molecular weight excluding hydrogens is 496 g/mol. The van der Waals surface area contributed by atoms with Crippen molar-refractivity contribution in [2.75, 3.05) is 26.4 Å². The zero-order valence-corrected chi connectivity index (χ0v) is 25.0. The van der Waals surface area contributed by atoms with Gasteiger partial charge in [0, 0.05) is 27.8 Å². The molecule has 0 amide bonds. The largest absolute Gasteiger partial charge is 0.494 e. The summed E-state index contributed by atoms with van der Waals surface area (Å²) in [4.78, 5) is 0. The Kier molecular flexibility index (Phi) is 11.5. The molecule has 3 aromatic rings. The van der Waals surface area contributed by atoms with E-state index in [9.17, 15) is 0 Å². The highest BCUT2D eigenvalue weighted by Gasteiger charge is 2.30. The van der Waals surface area contributed by atoms with Crippen molar-refractivity contribution < 1.29 is 18.6 Å². The van der Waals surface area contributed by atoms with Crippen molar-refractivity contribution in [2.24, 2.45) is 0 Å². The Balaban J connectivity index is 1.48. The summed E-state index contributed by atoms with van der Waals surface area (Å²) in [6.45, 7) is 7.24. The summed E-state index contributed by atoms with van der Waals surface area (Å²) in [6.07, 6.45) is 18.4. The average molecular weight is 545 g/mol. The maximum absolute atomic E-state index is 5.91. The van der Waals surface area contributed by atoms with Crippen molar-refractivity contribution in [2.45, 2.75) is 110 Å². The summed E-state index contributed by atoms with van der Waals surface area (Å²) in [5.74, 6) is 0. The Hall–Kier alpha value is -1.79. The van der Waals surface area contributed by atoms with Crippen LogP contribution in [-0.2, 0) is 18.6 Å². The first kappa shape index (κ1) is 29.7. The van der Waals surface area contributed by atoms with Crippen LogP contribution in [-0.4, -0.2) is 45.2 Å². The van der Waals surface area contributed by atoms with E-state index in [0.29, 0.717) is 32.5 Å². The number of aromatic nitrogens is 1. The lowest BCUT2D eigenvalue weighted by molar-refractivity contribution is 0.365. The molecule has 0 aliphatic carbocycles. The summed E-state index contributed by atoms with van der Waals surface area (Å²) < 4.78 is 26.3. The molecule has 2 fully saturated rings. The molecule has 0 spiro atoms. The molecule has 7 heteroatoms. The van der Waals surface area contributed by atoms with Crippen LogP contribution >= 0.6 is 0 Å². The molecule has 2 aliphatic heterocycles. The summed E-state index contributed by atoms with van der Waals surface area (Å²) in [7, 11) is -0.524. The van der Waals surface area contributed by atoms with E-state index in [1.54, 1.807) is 0 Å². The van der Waals surface area contributed by atoms with Gasteiger partial charge in [-0.3, -0.25) is 0 Å². The van der Waals surface area contributed by atoms with Crippen molar-refractivity contribution in [3.8, 4) is 0 Å². The highest BCUT2D eigenvalue weighted by molar-refractivity contribution is 6.62. The fourth-order valence-corrected chi connectivity index (χ4v) is 6.59. The molecule has 5 nitrogen and oxygen atoms in total. The zero-order chi connectivity index (χ0) is 27.6. The average Bonchev–Trinajstić information content (AvgIpc) is 3.76. The summed E-state index contributed by atoms with van der Waals surface area (Å²) >= 11 is 0. The van der Waals surface area contributed by atoms with Crippen LogP contribution in [0, 0.1) is 0 Å². The van der Waals surface area contributed by atoms with Gasteiger partial charge in [-0.2, -0.15) is 0 Å². The van der Waals surface area contributed by atoms with E-state index in [2.05, 4.69) is 54.8 Å². The lowest BCUT2D eigenvalue weighted by Crippen LogP contribution is -2.31. The van der Waals surface area contributed by atoms with Crippen LogP contribution in [0.25, 0.3) is 21.8 Å². The molecule has 2 saturated heterocycles. The molecule has 0 atom stereocenters. The van der Waals surface area contributed by atoms with E-state index < -0.39 is 0 Å². The summed E-state index contributed by atoms with van der Waals surface area (Å²) in [5, 5.41) is 2.62. The molecule has 0 bridgehead atoms. The highest BCUT2D eigenvalue weighted by atomic mass is 16.6. The predicted octanol–water partition coefficient (Wildman–Crippen LogP) is 7.32. The monoisotopic (exact) mass is 545 g/mol. The van der Waals surface area contributed by atoms with Crippen molar-refractivity contribution in [3.63, 3.8) is 0 Å². The third kappa shape index (κ3) is 7.34. The molecule has 2 aromatic carbocycles. The maximum atomic E-state index is 5.91. The molecular formula is C33H49B2NO4. The zero-order valence-electron chi connectivity index (χ0n) is 25.0. The molecule has 5 rings (SSSR count). The van der Waals surface area contributed by atoms with Crippen LogP contribution in [0.1, 0.15) is 110 Å². The second-order valence-electron chi connectivity index (χ2n) is 11.8. The fraction of sp³-hybridized carbons (Fsp3) is 0.636. The summed E-state index contributed by atoms with van der Waals surface area (Å²) in [6, 6.07) is 14.1. The topological polar surface area (TPSA) is 41.9 Å². The number of hydrogen-bond donors (Lipinski definition) is 0. The van der Waals surface area contributed by atoms with Crippen molar-refractivity contribution in [1.29, 1.82) is 0 Å². The third-order valence-corrected chi connectivity index (χ3v) is 8.79. The molecule has 0 N–H and O–H groups in total. The number of rotatable bonds is 17. The standard InChI is InChI=1S/C33H49B2NO4/c1-3-5-7-9-11-13-15-29(16-14-12-10-8-6-4-2)36-32-25-27(34-37-21-22-38-34)17-19-30(32)31-20-18-28(26-33(31)36)35-39-23-24-40-35/h17-20,25-26,29H,3-16,21-24H2,1-2H3. The van der Waals surface area contributed by atoms with Gasteiger partial charge in [-0.15, -0.1) is 0 Å². The Labute approximate surface area is 242 Å².